The van der Waals surface area contributed by atoms with Crippen LogP contribution in [0.1, 0.15) is 21.5 Å². The second-order valence-electron chi connectivity index (χ2n) is 4.07. The minimum Gasteiger partial charge on any atom is -0.398 e. The second kappa shape index (κ2) is 5.69. The summed E-state index contributed by atoms with van der Waals surface area (Å²) in [4.78, 5) is 11.9. The number of hydrogen-bond acceptors (Lipinski definition) is 3. The number of nitrogens with one attached hydrogen (secondary N) is 1. The van der Waals surface area contributed by atoms with Gasteiger partial charge in [0.2, 0.25) is 0 Å². The molecule has 0 heterocycles. The van der Waals surface area contributed by atoms with Gasteiger partial charge in [-0.3, -0.25) is 4.79 Å². The normalized spacial score (nSPS) is 9.63. The largest absolute Gasteiger partial charge is 0.398 e. The van der Waals surface area contributed by atoms with Crippen molar-refractivity contribution < 1.29 is 4.79 Å². The second-order valence-corrected chi connectivity index (χ2v) is 4.07. The summed E-state index contributed by atoms with van der Waals surface area (Å²) < 4.78 is 0. The number of amides is 1. The van der Waals surface area contributed by atoms with Gasteiger partial charge in [0, 0.05) is 17.8 Å². The van der Waals surface area contributed by atoms with Crippen molar-refractivity contribution in [1.82, 2.24) is 5.32 Å². The summed E-state index contributed by atoms with van der Waals surface area (Å²) in [7, 11) is 0. The Bertz CT molecular complexity index is 644. The Hall–Kier alpha value is -2.80. The number of benzene rings is 2. The quantitative estimate of drug-likeness (QED) is 0.819. The van der Waals surface area contributed by atoms with Crippen LogP contribution in [0.2, 0.25) is 0 Å². The van der Waals surface area contributed by atoms with E-state index in [1.165, 1.54) is 0 Å². The molecule has 0 aromatic heterocycles. The molecule has 0 unspecified atom stereocenters. The van der Waals surface area contributed by atoms with Gasteiger partial charge in [-0.2, -0.15) is 5.26 Å². The fourth-order valence-electron chi connectivity index (χ4n) is 1.70. The molecule has 0 radical (unpaired) electrons. The minimum atomic E-state index is -0.222. The van der Waals surface area contributed by atoms with E-state index in [4.69, 9.17) is 11.0 Å². The van der Waals surface area contributed by atoms with Crippen molar-refractivity contribution in [2.75, 3.05) is 5.73 Å². The van der Waals surface area contributed by atoms with Crippen LogP contribution < -0.4 is 11.1 Å². The van der Waals surface area contributed by atoms with Crippen molar-refractivity contribution in [1.29, 1.82) is 5.26 Å². The van der Waals surface area contributed by atoms with E-state index in [-0.39, 0.29) is 5.91 Å². The zero-order valence-corrected chi connectivity index (χ0v) is 10.3. The van der Waals surface area contributed by atoms with E-state index in [0.717, 1.165) is 5.56 Å². The van der Waals surface area contributed by atoms with Crippen molar-refractivity contribution in [3.63, 3.8) is 0 Å². The zero-order valence-electron chi connectivity index (χ0n) is 10.3. The number of nitrogens with two attached hydrogens (primary N) is 1. The van der Waals surface area contributed by atoms with Gasteiger partial charge in [0.05, 0.1) is 11.6 Å². The highest BCUT2D eigenvalue weighted by molar-refractivity contribution is 5.94. The van der Waals surface area contributed by atoms with Gasteiger partial charge in [-0.15, -0.1) is 0 Å². The number of nitrogen functional groups attached to an aromatic ring is 1. The van der Waals surface area contributed by atoms with Gasteiger partial charge >= 0.3 is 0 Å². The molecule has 4 heteroatoms. The third kappa shape index (κ3) is 3.11. The highest BCUT2D eigenvalue weighted by Crippen LogP contribution is 2.10. The maximum absolute atomic E-state index is 11.9. The maximum Gasteiger partial charge on any atom is 0.251 e. The van der Waals surface area contributed by atoms with Gasteiger partial charge in [0.25, 0.3) is 5.91 Å². The molecule has 2 aromatic rings. The predicted molar refractivity (Wildman–Crippen MR) is 73.2 cm³/mol. The first kappa shape index (κ1) is 12.7. The molecule has 0 aliphatic carbocycles. The molecule has 3 N–H and O–H groups in total. The molecule has 0 saturated carbocycles. The van der Waals surface area contributed by atoms with E-state index in [9.17, 15) is 4.79 Å². The Morgan fingerprint density at radius 2 is 2.00 bits per heavy atom. The van der Waals surface area contributed by atoms with Crippen molar-refractivity contribution >= 4 is 11.6 Å². The number of nitrogens with zero attached hydrogens (tertiary/aromatic N) is 1. The molecule has 1 amide bonds. The Labute approximate surface area is 111 Å². The highest BCUT2D eigenvalue weighted by Gasteiger charge is 2.06. The van der Waals surface area contributed by atoms with Crippen molar-refractivity contribution in [2.24, 2.45) is 0 Å². The lowest BCUT2D eigenvalue weighted by Crippen LogP contribution is -2.23. The SMILES string of the molecule is N#Cc1cccc(C(=O)NCc2ccccc2N)c1. The molecular formula is C15H13N3O. The van der Waals surface area contributed by atoms with Crippen LogP contribution in [0, 0.1) is 11.3 Å². The number of hydrogen-bond donors (Lipinski definition) is 2. The first-order chi connectivity index (χ1) is 9.20. The van der Waals surface area contributed by atoms with Crippen LogP contribution >= 0.6 is 0 Å². The predicted octanol–water partition coefficient (Wildman–Crippen LogP) is 2.07. The van der Waals surface area contributed by atoms with E-state index in [2.05, 4.69) is 5.32 Å². The molecule has 0 aliphatic heterocycles. The van der Waals surface area contributed by atoms with Gasteiger partial charge in [0.15, 0.2) is 0 Å². The van der Waals surface area contributed by atoms with Crippen LogP contribution in [-0.2, 0) is 6.54 Å². The van der Waals surface area contributed by atoms with Crippen LogP contribution in [0.15, 0.2) is 48.5 Å². The molecule has 0 saturated heterocycles. The Morgan fingerprint density at radius 1 is 1.21 bits per heavy atom. The topological polar surface area (TPSA) is 78.9 Å². The maximum atomic E-state index is 11.9. The highest BCUT2D eigenvalue weighted by atomic mass is 16.1. The molecule has 0 aliphatic rings. The summed E-state index contributed by atoms with van der Waals surface area (Å²) in [5, 5.41) is 11.6. The Morgan fingerprint density at radius 3 is 2.74 bits per heavy atom. The van der Waals surface area contributed by atoms with Gasteiger partial charge in [-0.25, -0.2) is 0 Å². The van der Waals surface area contributed by atoms with E-state index in [0.29, 0.717) is 23.4 Å². The van der Waals surface area contributed by atoms with Crippen LogP contribution in [0.3, 0.4) is 0 Å². The number of para-hydroxylation sites is 1. The lowest BCUT2D eigenvalue weighted by molar-refractivity contribution is 0.0951. The molecule has 19 heavy (non-hydrogen) atoms. The smallest absolute Gasteiger partial charge is 0.251 e. The summed E-state index contributed by atoms with van der Waals surface area (Å²) in [5.74, 6) is -0.222. The molecule has 0 bridgehead atoms. The summed E-state index contributed by atoms with van der Waals surface area (Å²) in [6.45, 7) is 0.363. The monoisotopic (exact) mass is 251 g/mol. The number of nitriles is 1. The standard InChI is InChI=1S/C15H13N3O/c16-9-11-4-3-6-12(8-11)15(19)18-10-13-5-1-2-7-14(13)17/h1-8H,10,17H2,(H,18,19). The van der Waals surface area contributed by atoms with Crippen LogP contribution in [-0.4, -0.2) is 5.91 Å². The van der Waals surface area contributed by atoms with E-state index in [1.54, 1.807) is 30.3 Å². The number of carbonyl (C=O) groups excluding carboxylic acids is 1. The summed E-state index contributed by atoms with van der Waals surface area (Å²) in [5.41, 5.74) is 8.24. The van der Waals surface area contributed by atoms with Crippen molar-refractivity contribution in [3.8, 4) is 6.07 Å². The van der Waals surface area contributed by atoms with Crippen molar-refractivity contribution in [3.05, 3.63) is 65.2 Å². The molecule has 2 rings (SSSR count). The fraction of sp³-hybridized carbons (Fsp3) is 0.0667. The molecule has 0 atom stereocenters. The molecule has 4 nitrogen and oxygen atoms in total. The van der Waals surface area contributed by atoms with Crippen LogP contribution in [0.4, 0.5) is 5.69 Å². The third-order valence-corrected chi connectivity index (χ3v) is 2.75. The average Bonchev–Trinajstić information content (AvgIpc) is 2.46. The van der Waals surface area contributed by atoms with Gasteiger partial charge in [-0.05, 0) is 29.8 Å². The van der Waals surface area contributed by atoms with Gasteiger partial charge in [-0.1, -0.05) is 24.3 Å². The van der Waals surface area contributed by atoms with E-state index >= 15 is 0 Å². The van der Waals surface area contributed by atoms with E-state index in [1.807, 2.05) is 24.3 Å². The summed E-state index contributed by atoms with van der Waals surface area (Å²) in [6.07, 6.45) is 0. The molecule has 0 fully saturated rings. The summed E-state index contributed by atoms with van der Waals surface area (Å²) >= 11 is 0. The fourth-order valence-corrected chi connectivity index (χ4v) is 1.70. The van der Waals surface area contributed by atoms with E-state index < -0.39 is 0 Å². The van der Waals surface area contributed by atoms with Gasteiger partial charge < -0.3 is 11.1 Å². The number of rotatable bonds is 3. The van der Waals surface area contributed by atoms with Crippen LogP contribution in [0.25, 0.3) is 0 Å². The molecule has 94 valence electrons. The molecule has 0 spiro atoms. The Kier molecular flexibility index (Phi) is 3.79. The third-order valence-electron chi connectivity index (χ3n) is 2.75. The number of carbonyl (C=O) groups is 1. The number of anilines is 1. The average molecular weight is 251 g/mol. The molecule has 2 aromatic carbocycles. The first-order valence-electron chi connectivity index (χ1n) is 5.82. The zero-order chi connectivity index (χ0) is 13.7. The lowest BCUT2D eigenvalue weighted by Gasteiger charge is -2.07. The van der Waals surface area contributed by atoms with Crippen molar-refractivity contribution in [2.45, 2.75) is 6.54 Å². The minimum absolute atomic E-state index is 0.222. The Balaban J connectivity index is 2.06. The lowest BCUT2D eigenvalue weighted by atomic mass is 10.1. The summed E-state index contributed by atoms with van der Waals surface area (Å²) in [6, 6.07) is 15.9. The van der Waals surface area contributed by atoms with Gasteiger partial charge in [0.1, 0.15) is 0 Å². The van der Waals surface area contributed by atoms with Crippen LogP contribution in [0.5, 0.6) is 0 Å². The first-order valence-corrected chi connectivity index (χ1v) is 5.82. The molecular weight excluding hydrogens is 238 g/mol.